The van der Waals surface area contributed by atoms with E-state index in [1.165, 1.54) is 5.56 Å². The number of carbonyl (C=O) groups is 1. The molecular formula is C21H19N3O. The second kappa shape index (κ2) is 6.48. The first kappa shape index (κ1) is 15.5. The molecule has 0 spiro atoms. The average molecular weight is 329 g/mol. The normalized spacial score (nSPS) is 14.8. The summed E-state index contributed by atoms with van der Waals surface area (Å²) >= 11 is 0. The highest BCUT2D eigenvalue weighted by Gasteiger charge is 2.22. The summed E-state index contributed by atoms with van der Waals surface area (Å²) in [6.07, 6.45) is 6.70. The number of Topliss-reactive ketones (excluding diaryl/α,β-unsaturated/α-hetero) is 1. The first-order valence-corrected chi connectivity index (χ1v) is 8.52. The van der Waals surface area contributed by atoms with Crippen LogP contribution in [0.5, 0.6) is 0 Å². The first-order chi connectivity index (χ1) is 12.3. The summed E-state index contributed by atoms with van der Waals surface area (Å²) < 4.78 is 2.09. The molecule has 0 fully saturated rings. The zero-order valence-corrected chi connectivity index (χ0v) is 14.1. The molecule has 0 saturated carbocycles. The van der Waals surface area contributed by atoms with Crippen LogP contribution in [0.15, 0.2) is 72.2 Å². The van der Waals surface area contributed by atoms with Crippen LogP contribution in [0.3, 0.4) is 0 Å². The lowest BCUT2D eigenvalue weighted by molar-refractivity contribution is -0.112. The number of aliphatic imine (C=N–C) groups is 1. The molecule has 0 N–H and O–H groups in total. The highest BCUT2D eigenvalue weighted by molar-refractivity contribution is 6.41. The Labute approximate surface area is 146 Å². The van der Waals surface area contributed by atoms with E-state index >= 15 is 0 Å². The molecule has 25 heavy (non-hydrogen) atoms. The Morgan fingerprint density at radius 1 is 1.12 bits per heavy atom. The third-order valence-electron chi connectivity index (χ3n) is 4.62. The largest absolute Gasteiger partial charge is 0.326 e. The molecule has 124 valence electrons. The summed E-state index contributed by atoms with van der Waals surface area (Å²) in [7, 11) is 0. The third-order valence-corrected chi connectivity index (χ3v) is 4.62. The summed E-state index contributed by atoms with van der Waals surface area (Å²) in [5, 5.41) is 0. The highest BCUT2D eigenvalue weighted by Crippen LogP contribution is 2.32. The molecule has 4 nitrogen and oxygen atoms in total. The van der Waals surface area contributed by atoms with E-state index in [4.69, 9.17) is 0 Å². The Hall–Kier alpha value is -3.01. The summed E-state index contributed by atoms with van der Waals surface area (Å²) in [5.74, 6) is 0.131. The second-order valence-electron chi connectivity index (χ2n) is 6.22. The number of hydrogen-bond donors (Lipinski definition) is 0. The molecule has 2 heterocycles. The summed E-state index contributed by atoms with van der Waals surface area (Å²) in [6, 6.07) is 16.6. The lowest BCUT2D eigenvalue weighted by Gasteiger charge is -2.22. The predicted molar refractivity (Wildman–Crippen MR) is 98.4 cm³/mol. The van der Waals surface area contributed by atoms with Crippen LogP contribution in [-0.4, -0.2) is 21.0 Å². The SMILES string of the molecule is CCC1=Nc2ccc(C(c3ccccc3)n3ccnc3)cc2CC1=O. The van der Waals surface area contributed by atoms with Gasteiger partial charge in [-0.1, -0.05) is 49.4 Å². The van der Waals surface area contributed by atoms with Gasteiger partial charge in [-0.05, 0) is 29.2 Å². The maximum atomic E-state index is 12.2. The van der Waals surface area contributed by atoms with Crippen LogP contribution >= 0.6 is 0 Å². The van der Waals surface area contributed by atoms with Gasteiger partial charge in [0.25, 0.3) is 0 Å². The Morgan fingerprint density at radius 2 is 1.96 bits per heavy atom. The van der Waals surface area contributed by atoms with E-state index in [9.17, 15) is 4.79 Å². The minimum absolute atomic E-state index is 0.0284. The predicted octanol–water partition coefficient (Wildman–Crippen LogP) is 4.13. The molecule has 0 bridgehead atoms. The van der Waals surface area contributed by atoms with E-state index in [0.29, 0.717) is 18.6 Å². The van der Waals surface area contributed by atoms with Gasteiger partial charge in [-0.3, -0.25) is 4.79 Å². The van der Waals surface area contributed by atoms with Crippen molar-refractivity contribution in [1.29, 1.82) is 0 Å². The molecule has 1 aliphatic heterocycles. The van der Waals surface area contributed by atoms with Gasteiger partial charge in [-0.2, -0.15) is 0 Å². The number of rotatable bonds is 4. The van der Waals surface area contributed by atoms with Crippen LogP contribution in [0.25, 0.3) is 0 Å². The summed E-state index contributed by atoms with van der Waals surface area (Å²) in [6.45, 7) is 1.97. The third kappa shape index (κ3) is 2.91. The number of imidazole rings is 1. The molecule has 0 aliphatic carbocycles. The van der Waals surface area contributed by atoms with Gasteiger partial charge in [0.15, 0.2) is 5.78 Å². The van der Waals surface area contributed by atoms with Gasteiger partial charge in [0.05, 0.1) is 23.8 Å². The van der Waals surface area contributed by atoms with Crippen LogP contribution in [0.1, 0.15) is 36.1 Å². The Kier molecular flexibility index (Phi) is 4.02. The fourth-order valence-electron chi connectivity index (χ4n) is 3.38. The van der Waals surface area contributed by atoms with Gasteiger partial charge < -0.3 is 4.57 Å². The quantitative estimate of drug-likeness (QED) is 0.722. The molecule has 0 saturated heterocycles. The minimum atomic E-state index is 0.0284. The van der Waals surface area contributed by atoms with E-state index in [2.05, 4.69) is 38.8 Å². The molecule has 0 radical (unpaired) electrons. The molecule has 0 amide bonds. The maximum absolute atomic E-state index is 12.2. The van der Waals surface area contributed by atoms with Gasteiger partial charge in [0.2, 0.25) is 0 Å². The Bertz CT molecular complexity index is 927. The lowest BCUT2D eigenvalue weighted by Crippen LogP contribution is -2.19. The van der Waals surface area contributed by atoms with Crippen LogP contribution in [0, 0.1) is 0 Å². The van der Waals surface area contributed by atoms with E-state index in [-0.39, 0.29) is 11.8 Å². The monoisotopic (exact) mass is 329 g/mol. The van der Waals surface area contributed by atoms with Crippen LogP contribution < -0.4 is 0 Å². The van der Waals surface area contributed by atoms with Gasteiger partial charge in [0, 0.05) is 18.8 Å². The summed E-state index contributed by atoms with van der Waals surface area (Å²) in [4.78, 5) is 21.0. The zero-order chi connectivity index (χ0) is 17.2. The van der Waals surface area contributed by atoms with Crippen LogP contribution in [0.2, 0.25) is 0 Å². The fraction of sp³-hybridized carbons (Fsp3) is 0.190. The molecule has 1 aromatic heterocycles. The number of fused-ring (bicyclic) bond motifs is 1. The van der Waals surface area contributed by atoms with Crippen molar-refractivity contribution in [1.82, 2.24) is 9.55 Å². The standard InChI is InChI=1S/C21H19N3O/c1-2-18-20(25)13-17-12-16(8-9-19(17)23-18)21(24-11-10-22-14-24)15-6-4-3-5-7-15/h3-12,14,21H,2,13H2,1H3. The Morgan fingerprint density at radius 3 is 2.68 bits per heavy atom. The highest BCUT2D eigenvalue weighted by atomic mass is 16.1. The number of hydrogen-bond acceptors (Lipinski definition) is 3. The lowest BCUT2D eigenvalue weighted by atomic mass is 9.92. The molecule has 1 aliphatic rings. The molecular weight excluding hydrogens is 310 g/mol. The van der Waals surface area contributed by atoms with Crippen molar-refractivity contribution in [3.8, 4) is 0 Å². The van der Waals surface area contributed by atoms with Crippen molar-refractivity contribution >= 4 is 17.2 Å². The second-order valence-corrected chi connectivity index (χ2v) is 6.22. The molecule has 3 aromatic rings. The van der Waals surface area contributed by atoms with Crippen LogP contribution in [-0.2, 0) is 11.2 Å². The van der Waals surface area contributed by atoms with E-state index in [1.807, 2.05) is 43.7 Å². The van der Waals surface area contributed by atoms with E-state index in [0.717, 1.165) is 16.8 Å². The van der Waals surface area contributed by atoms with Crippen molar-refractivity contribution in [2.75, 3.05) is 0 Å². The van der Waals surface area contributed by atoms with Gasteiger partial charge >= 0.3 is 0 Å². The fourth-order valence-corrected chi connectivity index (χ4v) is 3.38. The topological polar surface area (TPSA) is 47.2 Å². The van der Waals surface area contributed by atoms with Crippen molar-refractivity contribution < 1.29 is 4.79 Å². The Balaban J connectivity index is 1.81. The number of ketones is 1. The van der Waals surface area contributed by atoms with Crippen molar-refractivity contribution in [3.63, 3.8) is 0 Å². The summed E-state index contributed by atoms with van der Waals surface area (Å²) in [5.41, 5.74) is 4.90. The molecule has 2 aromatic carbocycles. The van der Waals surface area contributed by atoms with Crippen molar-refractivity contribution in [2.24, 2.45) is 4.99 Å². The molecule has 4 rings (SSSR count). The number of nitrogens with zero attached hydrogens (tertiary/aromatic N) is 3. The smallest absolute Gasteiger partial charge is 0.181 e. The molecule has 4 heteroatoms. The van der Waals surface area contributed by atoms with Crippen LogP contribution in [0.4, 0.5) is 5.69 Å². The number of aromatic nitrogens is 2. The molecule has 1 atom stereocenters. The minimum Gasteiger partial charge on any atom is -0.326 e. The molecule has 1 unspecified atom stereocenters. The average Bonchev–Trinajstić information content (AvgIpc) is 3.16. The maximum Gasteiger partial charge on any atom is 0.181 e. The zero-order valence-electron chi connectivity index (χ0n) is 14.1. The number of carbonyl (C=O) groups excluding carboxylic acids is 1. The van der Waals surface area contributed by atoms with Gasteiger partial charge in [-0.15, -0.1) is 0 Å². The number of benzene rings is 2. The van der Waals surface area contributed by atoms with E-state index < -0.39 is 0 Å². The van der Waals surface area contributed by atoms with Gasteiger partial charge in [-0.25, -0.2) is 9.98 Å². The van der Waals surface area contributed by atoms with Crippen molar-refractivity contribution in [2.45, 2.75) is 25.8 Å². The van der Waals surface area contributed by atoms with Crippen molar-refractivity contribution in [3.05, 3.63) is 83.9 Å². The first-order valence-electron chi connectivity index (χ1n) is 8.52. The van der Waals surface area contributed by atoms with E-state index in [1.54, 1.807) is 6.20 Å². The van der Waals surface area contributed by atoms with Gasteiger partial charge in [0.1, 0.15) is 0 Å².